The van der Waals surface area contributed by atoms with E-state index >= 15 is 0 Å². The summed E-state index contributed by atoms with van der Waals surface area (Å²) in [6.07, 6.45) is 3.17. The number of nitrogens with one attached hydrogen (secondary N) is 1. The van der Waals surface area contributed by atoms with E-state index in [0.29, 0.717) is 12.8 Å². The molecule has 0 aliphatic carbocycles. The summed E-state index contributed by atoms with van der Waals surface area (Å²) in [6.45, 7) is 2.05. The number of carbonyl (C=O) groups is 1. The molecular formula is C13H17N3O2. The fourth-order valence-corrected chi connectivity index (χ4v) is 2.02. The third-order valence-electron chi connectivity index (χ3n) is 3.07. The van der Waals surface area contributed by atoms with Crippen LogP contribution in [0.1, 0.15) is 17.5 Å². The molecule has 0 bridgehead atoms. The summed E-state index contributed by atoms with van der Waals surface area (Å²) in [7, 11) is 0. The molecule has 0 radical (unpaired) electrons. The van der Waals surface area contributed by atoms with Gasteiger partial charge in [0.2, 0.25) is 0 Å². The van der Waals surface area contributed by atoms with Crippen LogP contribution in [0.15, 0.2) is 24.4 Å². The molecule has 5 heteroatoms. The molecule has 2 rings (SSSR count). The van der Waals surface area contributed by atoms with Crippen LogP contribution in [0.2, 0.25) is 0 Å². The highest BCUT2D eigenvalue weighted by atomic mass is 16.7. The van der Waals surface area contributed by atoms with Crippen LogP contribution in [-0.2, 0) is 16.1 Å². The Kier molecular flexibility index (Phi) is 3.64. The normalized spacial score (nSPS) is 12.6. The average Bonchev–Trinajstić information content (AvgIpc) is 2.77. The minimum atomic E-state index is -0.676. The highest BCUT2D eigenvalue weighted by molar-refractivity contribution is 5.84. The van der Waals surface area contributed by atoms with Gasteiger partial charge in [-0.1, -0.05) is 12.1 Å². The first-order valence-electron chi connectivity index (χ1n) is 5.84. The van der Waals surface area contributed by atoms with Gasteiger partial charge in [0.25, 0.3) is 0 Å². The molecular weight excluding hydrogens is 230 g/mol. The van der Waals surface area contributed by atoms with E-state index in [2.05, 4.69) is 28.0 Å². The SMILES string of the molecule is Cc1ccc2c(CCC(N)C(=O)ON)c[nH]c2c1. The van der Waals surface area contributed by atoms with E-state index in [-0.39, 0.29) is 0 Å². The second-order valence-corrected chi connectivity index (χ2v) is 4.45. The van der Waals surface area contributed by atoms with Gasteiger partial charge in [-0.15, -0.1) is 0 Å². The molecule has 1 unspecified atom stereocenters. The first-order chi connectivity index (χ1) is 8.61. The van der Waals surface area contributed by atoms with Crippen molar-refractivity contribution in [3.63, 3.8) is 0 Å². The van der Waals surface area contributed by atoms with E-state index in [1.807, 2.05) is 13.1 Å². The molecule has 1 atom stereocenters. The van der Waals surface area contributed by atoms with E-state index in [1.165, 1.54) is 5.56 Å². The molecule has 0 fully saturated rings. The number of nitrogens with two attached hydrogens (primary N) is 2. The molecule has 96 valence electrons. The molecule has 2 aromatic rings. The number of hydrogen-bond acceptors (Lipinski definition) is 4. The number of aromatic nitrogens is 1. The number of H-pyrrole nitrogens is 1. The van der Waals surface area contributed by atoms with Gasteiger partial charge in [-0.05, 0) is 37.0 Å². The quantitative estimate of drug-likeness (QED) is 0.706. The van der Waals surface area contributed by atoms with Crippen LogP contribution >= 0.6 is 0 Å². The van der Waals surface area contributed by atoms with Gasteiger partial charge in [0.05, 0.1) is 0 Å². The van der Waals surface area contributed by atoms with Gasteiger partial charge in [-0.3, -0.25) is 0 Å². The van der Waals surface area contributed by atoms with Crippen LogP contribution in [0.5, 0.6) is 0 Å². The van der Waals surface area contributed by atoms with E-state index in [4.69, 9.17) is 11.6 Å². The Hall–Kier alpha value is -1.85. The predicted molar refractivity (Wildman–Crippen MR) is 69.6 cm³/mol. The van der Waals surface area contributed by atoms with Crippen LogP contribution < -0.4 is 11.6 Å². The van der Waals surface area contributed by atoms with Crippen molar-refractivity contribution >= 4 is 16.9 Å². The fraction of sp³-hybridized carbons (Fsp3) is 0.308. The largest absolute Gasteiger partial charge is 0.372 e. The zero-order chi connectivity index (χ0) is 13.1. The molecule has 0 amide bonds. The summed E-state index contributed by atoms with van der Waals surface area (Å²) in [5.74, 6) is 4.22. The van der Waals surface area contributed by atoms with Crippen molar-refractivity contribution < 1.29 is 9.63 Å². The monoisotopic (exact) mass is 247 g/mol. The molecule has 0 aliphatic heterocycles. The maximum Gasteiger partial charge on any atom is 0.341 e. The van der Waals surface area contributed by atoms with Crippen molar-refractivity contribution in [2.75, 3.05) is 0 Å². The van der Waals surface area contributed by atoms with Crippen LogP contribution in [0, 0.1) is 6.92 Å². The van der Waals surface area contributed by atoms with Gasteiger partial charge in [-0.2, -0.15) is 5.90 Å². The molecule has 0 saturated heterocycles. The van der Waals surface area contributed by atoms with E-state index in [9.17, 15) is 4.79 Å². The van der Waals surface area contributed by atoms with Crippen LogP contribution in [0.4, 0.5) is 0 Å². The van der Waals surface area contributed by atoms with Crippen molar-refractivity contribution in [1.29, 1.82) is 0 Å². The Morgan fingerprint density at radius 1 is 1.50 bits per heavy atom. The number of aryl methyl sites for hydroxylation is 2. The highest BCUT2D eigenvalue weighted by Crippen LogP contribution is 2.20. The van der Waals surface area contributed by atoms with Gasteiger partial charge < -0.3 is 15.6 Å². The van der Waals surface area contributed by atoms with E-state index in [0.717, 1.165) is 16.5 Å². The lowest BCUT2D eigenvalue weighted by Gasteiger charge is -2.07. The second kappa shape index (κ2) is 5.20. The first-order valence-corrected chi connectivity index (χ1v) is 5.84. The second-order valence-electron chi connectivity index (χ2n) is 4.45. The molecule has 0 aliphatic rings. The molecule has 5 N–H and O–H groups in total. The van der Waals surface area contributed by atoms with Gasteiger partial charge in [0, 0.05) is 17.1 Å². The summed E-state index contributed by atoms with van der Waals surface area (Å²) in [4.78, 5) is 18.4. The van der Waals surface area contributed by atoms with E-state index in [1.54, 1.807) is 0 Å². The van der Waals surface area contributed by atoms with E-state index < -0.39 is 12.0 Å². The maximum atomic E-state index is 11.1. The molecule has 18 heavy (non-hydrogen) atoms. The lowest BCUT2D eigenvalue weighted by molar-refractivity contribution is -0.145. The van der Waals surface area contributed by atoms with Crippen molar-refractivity contribution in [1.82, 2.24) is 4.98 Å². The topological polar surface area (TPSA) is 94.1 Å². The summed E-state index contributed by atoms with van der Waals surface area (Å²) in [5, 5.41) is 1.16. The van der Waals surface area contributed by atoms with Gasteiger partial charge in [-0.25, -0.2) is 4.79 Å². The molecule has 1 aromatic carbocycles. The maximum absolute atomic E-state index is 11.1. The highest BCUT2D eigenvalue weighted by Gasteiger charge is 2.15. The Bertz CT molecular complexity index is 562. The average molecular weight is 247 g/mol. The summed E-state index contributed by atoms with van der Waals surface area (Å²) in [5.41, 5.74) is 9.10. The van der Waals surface area contributed by atoms with Gasteiger partial charge in [0.15, 0.2) is 0 Å². The van der Waals surface area contributed by atoms with Crippen molar-refractivity contribution in [2.45, 2.75) is 25.8 Å². The molecule has 5 nitrogen and oxygen atoms in total. The number of fused-ring (bicyclic) bond motifs is 1. The van der Waals surface area contributed by atoms with Crippen molar-refractivity contribution in [3.8, 4) is 0 Å². The van der Waals surface area contributed by atoms with Crippen molar-refractivity contribution in [2.24, 2.45) is 11.6 Å². The summed E-state index contributed by atoms with van der Waals surface area (Å²) < 4.78 is 0. The number of rotatable bonds is 4. The predicted octanol–water partition coefficient (Wildman–Crippen LogP) is 1.15. The third kappa shape index (κ3) is 2.52. The third-order valence-corrected chi connectivity index (χ3v) is 3.07. The summed E-state index contributed by atoms with van der Waals surface area (Å²) in [6, 6.07) is 5.55. The molecule has 0 saturated carbocycles. The number of carbonyl (C=O) groups excluding carboxylic acids is 1. The summed E-state index contributed by atoms with van der Waals surface area (Å²) >= 11 is 0. The Balaban J connectivity index is 2.10. The Labute approximate surface area is 105 Å². The van der Waals surface area contributed by atoms with Crippen molar-refractivity contribution in [3.05, 3.63) is 35.5 Å². The number of aromatic amines is 1. The number of hydrogen-bond donors (Lipinski definition) is 3. The molecule has 1 aromatic heterocycles. The number of benzene rings is 1. The molecule has 1 heterocycles. The fourth-order valence-electron chi connectivity index (χ4n) is 2.02. The first kappa shape index (κ1) is 12.6. The standard InChI is InChI=1S/C13H17N3O2/c1-8-2-4-10-9(7-16-12(10)6-8)3-5-11(14)13(17)18-15/h2,4,6-7,11,16H,3,5,14-15H2,1H3. The zero-order valence-corrected chi connectivity index (χ0v) is 10.3. The Morgan fingerprint density at radius 3 is 3.00 bits per heavy atom. The zero-order valence-electron chi connectivity index (χ0n) is 10.3. The minimum absolute atomic E-state index is 0.511. The minimum Gasteiger partial charge on any atom is -0.372 e. The van der Waals surface area contributed by atoms with Gasteiger partial charge in [0.1, 0.15) is 6.04 Å². The van der Waals surface area contributed by atoms with Crippen LogP contribution in [-0.4, -0.2) is 17.0 Å². The smallest absolute Gasteiger partial charge is 0.341 e. The van der Waals surface area contributed by atoms with Gasteiger partial charge >= 0.3 is 5.97 Å². The van der Waals surface area contributed by atoms with Crippen LogP contribution in [0.25, 0.3) is 10.9 Å². The van der Waals surface area contributed by atoms with Crippen LogP contribution in [0.3, 0.4) is 0 Å². The lowest BCUT2D eigenvalue weighted by Crippen LogP contribution is -2.34. The molecule has 0 spiro atoms. The lowest BCUT2D eigenvalue weighted by atomic mass is 10.0. The Morgan fingerprint density at radius 2 is 2.28 bits per heavy atom.